The number of nitrogens with zero attached hydrogens (tertiary/aromatic N) is 2. The zero-order valence-electron chi connectivity index (χ0n) is 15.8. The molecule has 2 amide bonds. The maximum Gasteiger partial charge on any atom is 0.409 e. The number of hydrogen-bond donors (Lipinski definition) is 2. The van der Waals surface area contributed by atoms with Crippen LogP contribution < -0.4 is 11.1 Å². The Labute approximate surface area is 164 Å². The molecule has 7 heteroatoms. The maximum atomic E-state index is 12.3. The van der Waals surface area contributed by atoms with E-state index < -0.39 is 11.9 Å². The molecule has 2 atom stereocenters. The molecule has 2 aromatic rings. The lowest BCUT2D eigenvalue weighted by atomic mass is 9.98. The first-order chi connectivity index (χ1) is 13.6. The zero-order valence-corrected chi connectivity index (χ0v) is 15.8. The number of primary amides is 1. The largest absolute Gasteiger partial charge is 0.449 e. The molecule has 1 fully saturated rings. The minimum absolute atomic E-state index is 0.0268. The molecule has 1 aliphatic rings. The van der Waals surface area contributed by atoms with Gasteiger partial charge < -0.3 is 20.7 Å². The van der Waals surface area contributed by atoms with Gasteiger partial charge in [0.25, 0.3) is 0 Å². The highest BCUT2D eigenvalue weighted by atomic mass is 16.6. The number of amides is 2. The lowest BCUT2D eigenvalue weighted by Crippen LogP contribution is -2.47. The number of rotatable bonds is 8. The third-order valence-corrected chi connectivity index (χ3v) is 5.00. The predicted molar refractivity (Wildman–Crippen MR) is 105 cm³/mol. The average molecular weight is 382 g/mol. The standard InChI is InChI=1S/C21H26N4O3/c22-20(26)19(24-14-17-6-10-23-11-7-17)18-8-12-25(15-18)21(27)28-13-9-16-4-2-1-3-5-16/h1-7,10-11,18-19,24H,8-9,12-15H2,(H2,22,26). The molecule has 148 valence electrons. The van der Waals surface area contributed by atoms with Crippen LogP contribution >= 0.6 is 0 Å². The van der Waals surface area contributed by atoms with Crippen LogP contribution in [0.5, 0.6) is 0 Å². The van der Waals surface area contributed by atoms with Gasteiger partial charge in [0.1, 0.15) is 0 Å². The number of likely N-dealkylation sites (tertiary alicyclic amines) is 1. The second-order valence-electron chi connectivity index (χ2n) is 6.96. The fraction of sp³-hybridized carbons (Fsp3) is 0.381. The molecular formula is C21H26N4O3. The van der Waals surface area contributed by atoms with Crippen molar-refractivity contribution < 1.29 is 14.3 Å². The first-order valence-electron chi connectivity index (χ1n) is 9.50. The first kappa shape index (κ1) is 19.8. The lowest BCUT2D eigenvalue weighted by molar-refractivity contribution is -0.121. The van der Waals surface area contributed by atoms with Crippen LogP contribution in [0.3, 0.4) is 0 Å². The SMILES string of the molecule is NC(=O)C(NCc1ccncc1)C1CCN(C(=O)OCCc2ccccc2)C1. The van der Waals surface area contributed by atoms with Crippen LogP contribution in [0, 0.1) is 5.92 Å². The Kier molecular flexibility index (Phi) is 6.97. The predicted octanol–water partition coefficient (Wildman–Crippen LogP) is 1.73. The molecule has 0 radical (unpaired) electrons. The maximum absolute atomic E-state index is 12.3. The van der Waals surface area contributed by atoms with E-state index in [9.17, 15) is 9.59 Å². The molecule has 3 rings (SSSR count). The van der Waals surface area contributed by atoms with E-state index in [1.54, 1.807) is 17.3 Å². The summed E-state index contributed by atoms with van der Waals surface area (Å²) in [7, 11) is 0. The smallest absolute Gasteiger partial charge is 0.409 e. The summed E-state index contributed by atoms with van der Waals surface area (Å²) in [5, 5.41) is 3.22. The molecule has 0 spiro atoms. The summed E-state index contributed by atoms with van der Waals surface area (Å²) in [6.07, 6.45) is 4.47. The third-order valence-electron chi connectivity index (χ3n) is 5.00. The van der Waals surface area contributed by atoms with E-state index >= 15 is 0 Å². The van der Waals surface area contributed by atoms with Crippen molar-refractivity contribution in [3.63, 3.8) is 0 Å². The van der Waals surface area contributed by atoms with E-state index in [4.69, 9.17) is 10.5 Å². The van der Waals surface area contributed by atoms with E-state index in [0.717, 1.165) is 11.1 Å². The monoisotopic (exact) mass is 382 g/mol. The first-order valence-corrected chi connectivity index (χ1v) is 9.50. The summed E-state index contributed by atoms with van der Waals surface area (Å²) in [6, 6.07) is 13.2. The molecule has 2 unspecified atom stereocenters. The van der Waals surface area contributed by atoms with Gasteiger partial charge in [0.2, 0.25) is 5.91 Å². The van der Waals surface area contributed by atoms with Crippen LogP contribution in [0.1, 0.15) is 17.5 Å². The van der Waals surface area contributed by atoms with Gasteiger partial charge in [-0.05, 0) is 29.7 Å². The number of nitrogens with one attached hydrogen (secondary N) is 1. The Hall–Kier alpha value is -2.93. The van der Waals surface area contributed by atoms with Gasteiger partial charge in [-0.25, -0.2) is 4.79 Å². The Morgan fingerprint density at radius 1 is 1.18 bits per heavy atom. The van der Waals surface area contributed by atoms with Gasteiger partial charge in [0.15, 0.2) is 0 Å². The number of carbonyl (C=O) groups excluding carboxylic acids is 2. The van der Waals surface area contributed by atoms with Gasteiger partial charge in [0.05, 0.1) is 12.6 Å². The highest BCUT2D eigenvalue weighted by molar-refractivity contribution is 5.80. The van der Waals surface area contributed by atoms with Crippen molar-refractivity contribution in [1.29, 1.82) is 0 Å². The number of benzene rings is 1. The van der Waals surface area contributed by atoms with Gasteiger partial charge >= 0.3 is 6.09 Å². The van der Waals surface area contributed by atoms with Gasteiger partial charge in [-0.3, -0.25) is 9.78 Å². The molecule has 7 nitrogen and oxygen atoms in total. The molecule has 0 aliphatic carbocycles. The number of nitrogens with two attached hydrogens (primary N) is 1. The zero-order chi connectivity index (χ0) is 19.8. The fourth-order valence-electron chi connectivity index (χ4n) is 3.45. The van der Waals surface area contributed by atoms with Crippen LogP contribution in [-0.4, -0.2) is 47.6 Å². The molecule has 28 heavy (non-hydrogen) atoms. The Morgan fingerprint density at radius 3 is 2.64 bits per heavy atom. The van der Waals surface area contributed by atoms with Gasteiger partial charge in [-0.1, -0.05) is 30.3 Å². The van der Waals surface area contributed by atoms with Crippen molar-refractivity contribution in [3.8, 4) is 0 Å². The van der Waals surface area contributed by atoms with Gasteiger partial charge in [-0.2, -0.15) is 0 Å². The molecule has 1 aromatic carbocycles. The molecule has 2 heterocycles. The number of ether oxygens (including phenoxy) is 1. The Morgan fingerprint density at radius 2 is 1.93 bits per heavy atom. The minimum atomic E-state index is -0.490. The van der Waals surface area contributed by atoms with Crippen LogP contribution in [0.15, 0.2) is 54.9 Å². The summed E-state index contributed by atoms with van der Waals surface area (Å²) >= 11 is 0. The molecule has 0 bridgehead atoms. The number of carbonyl (C=O) groups is 2. The number of pyridine rings is 1. The molecule has 0 saturated carbocycles. The van der Waals surface area contributed by atoms with Crippen LogP contribution in [-0.2, 0) is 22.5 Å². The number of aromatic nitrogens is 1. The van der Waals surface area contributed by atoms with Crippen molar-refractivity contribution in [3.05, 3.63) is 66.0 Å². The van der Waals surface area contributed by atoms with Crippen LogP contribution in [0.4, 0.5) is 4.79 Å². The highest BCUT2D eigenvalue weighted by Gasteiger charge is 2.35. The van der Waals surface area contributed by atoms with Crippen molar-refractivity contribution >= 4 is 12.0 Å². The van der Waals surface area contributed by atoms with Gasteiger partial charge in [-0.15, -0.1) is 0 Å². The van der Waals surface area contributed by atoms with E-state index in [1.807, 2.05) is 42.5 Å². The molecular weight excluding hydrogens is 356 g/mol. The van der Waals surface area contributed by atoms with Crippen molar-refractivity contribution in [2.45, 2.75) is 25.4 Å². The quantitative estimate of drug-likeness (QED) is 0.725. The van der Waals surface area contributed by atoms with Crippen molar-refractivity contribution in [1.82, 2.24) is 15.2 Å². The van der Waals surface area contributed by atoms with Crippen LogP contribution in [0.25, 0.3) is 0 Å². The van der Waals surface area contributed by atoms with E-state index in [1.165, 1.54) is 0 Å². The Balaban J connectivity index is 1.46. The van der Waals surface area contributed by atoms with E-state index in [2.05, 4.69) is 10.3 Å². The second kappa shape index (κ2) is 9.85. The highest BCUT2D eigenvalue weighted by Crippen LogP contribution is 2.21. The molecule has 3 N–H and O–H groups in total. The summed E-state index contributed by atoms with van der Waals surface area (Å²) in [5.74, 6) is -0.431. The van der Waals surface area contributed by atoms with E-state index in [-0.39, 0.29) is 12.0 Å². The third kappa shape index (κ3) is 5.53. The van der Waals surface area contributed by atoms with Gasteiger partial charge in [0, 0.05) is 44.4 Å². The summed E-state index contributed by atoms with van der Waals surface area (Å²) in [4.78, 5) is 29.9. The lowest BCUT2D eigenvalue weighted by Gasteiger charge is -2.22. The van der Waals surface area contributed by atoms with E-state index in [0.29, 0.717) is 39.1 Å². The van der Waals surface area contributed by atoms with Crippen molar-refractivity contribution in [2.75, 3.05) is 19.7 Å². The molecule has 1 saturated heterocycles. The number of hydrogen-bond acceptors (Lipinski definition) is 5. The minimum Gasteiger partial charge on any atom is -0.449 e. The molecule has 1 aromatic heterocycles. The fourth-order valence-corrected chi connectivity index (χ4v) is 3.45. The average Bonchev–Trinajstić information content (AvgIpc) is 3.19. The molecule has 1 aliphatic heterocycles. The summed E-state index contributed by atoms with van der Waals surface area (Å²) < 4.78 is 5.39. The second-order valence-corrected chi connectivity index (χ2v) is 6.96. The topological polar surface area (TPSA) is 97.5 Å². The van der Waals surface area contributed by atoms with Crippen molar-refractivity contribution in [2.24, 2.45) is 11.7 Å². The Bertz CT molecular complexity index is 770. The normalized spacial score (nSPS) is 17.3. The summed E-state index contributed by atoms with van der Waals surface area (Å²) in [5.41, 5.74) is 7.75. The van der Waals surface area contributed by atoms with Crippen LogP contribution in [0.2, 0.25) is 0 Å². The summed E-state index contributed by atoms with van der Waals surface area (Å²) in [6.45, 7) is 1.88.